The fourth-order valence-electron chi connectivity index (χ4n) is 5.40. The van der Waals surface area contributed by atoms with Gasteiger partial charge in [-0.05, 0) is 61.6 Å². The van der Waals surface area contributed by atoms with Crippen LogP contribution >= 0.6 is 0 Å². The number of likely N-dealkylation sites (tertiary alicyclic amines) is 1. The van der Waals surface area contributed by atoms with E-state index in [0.29, 0.717) is 35.1 Å². The maximum absolute atomic E-state index is 12.9. The lowest BCUT2D eigenvalue weighted by molar-refractivity contribution is 0.102. The summed E-state index contributed by atoms with van der Waals surface area (Å²) in [6.45, 7) is 7.92. The van der Waals surface area contributed by atoms with Gasteiger partial charge in [0.05, 0.1) is 35.2 Å². The van der Waals surface area contributed by atoms with Gasteiger partial charge in [-0.3, -0.25) is 14.3 Å². The SMILES string of the molecule is C=C1CCC[C@H](C)N1Cc1ccc2[nH]c(-c3cc(NC(=O)c4cnn(Cc5ccccc5)c4)c[nH]c3=O)cc2c1. The first-order valence-electron chi connectivity index (χ1n) is 13.6. The molecule has 0 saturated carbocycles. The second kappa shape index (κ2) is 10.7. The van der Waals surface area contributed by atoms with E-state index in [0.717, 1.165) is 29.4 Å². The Bertz CT molecular complexity index is 1750. The molecule has 6 rings (SSSR count). The Morgan fingerprint density at radius 2 is 1.95 bits per heavy atom. The van der Waals surface area contributed by atoms with Crippen molar-refractivity contribution in [3.8, 4) is 11.3 Å². The molecule has 1 amide bonds. The zero-order valence-electron chi connectivity index (χ0n) is 22.5. The van der Waals surface area contributed by atoms with Gasteiger partial charge in [-0.25, -0.2) is 0 Å². The summed E-state index contributed by atoms with van der Waals surface area (Å²) in [5.41, 5.74) is 6.28. The molecule has 8 heteroatoms. The van der Waals surface area contributed by atoms with Crippen LogP contribution in [0.5, 0.6) is 0 Å². The van der Waals surface area contributed by atoms with Crippen molar-refractivity contribution in [2.24, 2.45) is 0 Å². The van der Waals surface area contributed by atoms with Gasteiger partial charge in [-0.2, -0.15) is 5.10 Å². The van der Waals surface area contributed by atoms with Crippen molar-refractivity contribution in [1.29, 1.82) is 0 Å². The van der Waals surface area contributed by atoms with E-state index in [1.165, 1.54) is 30.3 Å². The zero-order chi connectivity index (χ0) is 27.6. The number of pyridine rings is 1. The van der Waals surface area contributed by atoms with Crippen molar-refractivity contribution >= 4 is 22.5 Å². The number of nitrogens with zero attached hydrogens (tertiary/aromatic N) is 3. The number of H-pyrrole nitrogens is 2. The van der Waals surface area contributed by atoms with E-state index in [-0.39, 0.29) is 11.5 Å². The first-order valence-corrected chi connectivity index (χ1v) is 13.6. The number of amides is 1. The number of fused-ring (bicyclic) bond motifs is 1. The highest BCUT2D eigenvalue weighted by Gasteiger charge is 2.21. The molecule has 1 fully saturated rings. The molecule has 0 spiro atoms. The van der Waals surface area contributed by atoms with E-state index in [4.69, 9.17) is 0 Å². The molecule has 1 aliphatic heterocycles. The Labute approximate surface area is 232 Å². The summed E-state index contributed by atoms with van der Waals surface area (Å²) in [7, 11) is 0. The molecule has 40 heavy (non-hydrogen) atoms. The molecular formula is C32H32N6O2. The molecule has 8 nitrogen and oxygen atoms in total. The van der Waals surface area contributed by atoms with E-state index in [9.17, 15) is 9.59 Å². The standard InChI is InChI=1S/C32H32N6O2/c1-21-7-6-8-22(2)38(21)19-24-11-12-29-25(13-24)14-30(36-29)28-15-27(17-33-32(28)40)35-31(39)26-16-34-37(20-26)18-23-9-4-3-5-10-23/h3-5,9-17,20,22,36H,1,6-8,18-19H2,2H3,(H,33,40)(H,35,39)/t22-/m0/s1. The molecule has 5 aromatic rings. The topological polar surface area (TPSA) is 98.8 Å². The van der Waals surface area contributed by atoms with Gasteiger partial charge < -0.3 is 20.2 Å². The monoisotopic (exact) mass is 532 g/mol. The smallest absolute Gasteiger partial charge is 0.258 e. The van der Waals surface area contributed by atoms with Gasteiger partial charge in [0.15, 0.2) is 0 Å². The molecule has 3 aromatic heterocycles. The predicted octanol–water partition coefficient (Wildman–Crippen LogP) is 5.91. The summed E-state index contributed by atoms with van der Waals surface area (Å²) in [4.78, 5) is 34.2. The minimum Gasteiger partial charge on any atom is -0.368 e. The lowest BCUT2D eigenvalue weighted by atomic mass is 10.00. The first-order chi connectivity index (χ1) is 19.4. The van der Waals surface area contributed by atoms with E-state index in [2.05, 4.69) is 57.0 Å². The molecule has 3 N–H and O–H groups in total. The van der Waals surface area contributed by atoms with E-state index in [1.807, 2.05) is 36.4 Å². The number of hydrogen-bond donors (Lipinski definition) is 3. The van der Waals surface area contributed by atoms with Crippen molar-refractivity contribution < 1.29 is 4.79 Å². The van der Waals surface area contributed by atoms with Gasteiger partial charge in [0, 0.05) is 41.6 Å². The molecule has 0 radical (unpaired) electrons. The molecule has 0 aliphatic carbocycles. The average molecular weight is 533 g/mol. The summed E-state index contributed by atoms with van der Waals surface area (Å²) in [5, 5.41) is 8.22. The number of carbonyl (C=O) groups is 1. The fraction of sp³-hybridized carbons (Fsp3) is 0.219. The number of aromatic nitrogens is 4. The van der Waals surface area contributed by atoms with Crippen LogP contribution in [0, 0.1) is 0 Å². The number of anilines is 1. The third-order valence-electron chi connectivity index (χ3n) is 7.60. The molecule has 1 saturated heterocycles. The number of piperidine rings is 1. The molecule has 0 bridgehead atoms. The highest BCUT2D eigenvalue weighted by molar-refractivity contribution is 6.04. The van der Waals surface area contributed by atoms with Crippen LogP contribution in [0.2, 0.25) is 0 Å². The van der Waals surface area contributed by atoms with Gasteiger partial charge in [0.25, 0.3) is 11.5 Å². The molecular weight excluding hydrogens is 500 g/mol. The van der Waals surface area contributed by atoms with Crippen molar-refractivity contribution in [3.05, 3.63) is 119 Å². The Hall–Kier alpha value is -4.85. The molecule has 0 unspecified atom stereocenters. The number of aromatic amines is 2. The van der Waals surface area contributed by atoms with Gasteiger partial charge in [0.1, 0.15) is 0 Å². The van der Waals surface area contributed by atoms with Crippen LogP contribution in [0.4, 0.5) is 5.69 Å². The zero-order valence-corrected chi connectivity index (χ0v) is 22.5. The van der Waals surface area contributed by atoms with Crippen LogP contribution in [0.1, 0.15) is 47.7 Å². The maximum atomic E-state index is 12.9. The number of allylic oxidation sites excluding steroid dienone is 1. The molecule has 1 aliphatic rings. The van der Waals surface area contributed by atoms with Gasteiger partial charge in [0.2, 0.25) is 0 Å². The summed E-state index contributed by atoms with van der Waals surface area (Å²) in [6, 6.07) is 20.4. The third kappa shape index (κ3) is 5.33. The van der Waals surface area contributed by atoms with Crippen LogP contribution in [-0.4, -0.2) is 36.6 Å². The fourth-order valence-corrected chi connectivity index (χ4v) is 5.40. The summed E-state index contributed by atoms with van der Waals surface area (Å²) in [6.07, 6.45) is 8.19. The normalized spacial score (nSPS) is 15.5. The summed E-state index contributed by atoms with van der Waals surface area (Å²) < 4.78 is 1.73. The minimum atomic E-state index is -0.299. The lowest BCUT2D eigenvalue weighted by Crippen LogP contribution is -2.34. The highest BCUT2D eigenvalue weighted by Crippen LogP contribution is 2.29. The minimum absolute atomic E-state index is 0.237. The number of benzene rings is 2. The van der Waals surface area contributed by atoms with Gasteiger partial charge in [-0.1, -0.05) is 43.0 Å². The molecule has 2 aromatic carbocycles. The summed E-state index contributed by atoms with van der Waals surface area (Å²) in [5.74, 6) is -0.299. The summed E-state index contributed by atoms with van der Waals surface area (Å²) >= 11 is 0. The predicted molar refractivity (Wildman–Crippen MR) is 158 cm³/mol. The lowest BCUT2D eigenvalue weighted by Gasteiger charge is -2.37. The molecule has 1 atom stereocenters. The van der Waals surface area contributed by atoms with E-state index in [1.54, 1.807) is 23.1 Å². The van der Waals surface area contributed by atoms with Crippen molar-refractivity contribution in [2.75, 3.05) is 5.32 Å². The van der Waals surface area contributed by atoms with Crippen molar-refractivity contribution in [1.82, 2.24) is 24.6 Å². The Morgan fingerprint density at radius 3 is 2.77 bits per heavy atom. The van der Waals surface area contributed by atoms with Crippen LogP contribution in [-0.2, 0) is 13.1 Å². The highest BCUT2D eigenvalue weighted by atomic mass is 16.1. The quantitative estimate of drug-likeness (QED) is 0.243. The Kier molecular flexibility index (Phi) is 6.82. The van der Waals surface area contributed by atoms with Gasteiger partial charge >= 0.3 is 0 Å². The van der Waals surface area contributed by atoms with E-state index < -0.39 is 0 Å². The Morgan fingerprint density at radius 1 is 1.10 bits per heavy atom. The largest absolute Gasteiger partial charge is 0.368 e. The maximum Gasteiger partial charge on any atom is 0.258 e. The van der Waals surface area contributed by atoms with Crippen molar-refractivity contribution in [3.63, 3.8) is 0 Å². The number of nitrogens with one attached hydrogen (secondary N) is 3. The van der Waals surface area contributed by atoms with Crippen LogP contribution in [0.15, 0.2) is 96.3 Å². The third-order valence-corrected chi connectivity index (χ3v) is 7.60. The number of carbonyl (C=O) groups excluding carboxylic acids is 1. The Balaban J connectivity index is 1.19. The van der Waals surface area contributed by atoms with Crippen LogP contribution in [0.3, 0.4) is 0 Å². The second-order valence-corrected chi connectivity index (χ2v) is 10.5. The second-order valence-electron chi connectivity index (χ2n) is 10.5. The number of hydrogen-bond acceptors (Lipinski definition) is 4. The average Bonchev–Trinajstić information content (AvgIpc) is 3.59. The number of rotatable bonds is 7. The van der Waals surface area contributed by atoms with Crippen LogP contribution < -0.4 is 10.9 Å². The van der Waals surface area contributed by atoms with Crippen molar-refractivity contribution in [2.45, 2.75) is 45.3 Å². The first kappa shape index (κ1) is 25.4. The van der Waals surface area contributed by atoms with Gasteiger partial charge in [-0.15, -0.1) is 0 Å². The molecule has 202 valence electrons. The van der Waals surface area contributed by atoms with E-state index >= 15 is 0 Å². The van der Waals surface area contributed by atoms with Crippen LogP contribution in [0.25, 0.3) is 22.2 Å². The molecule has 4 heterocycles.